The van der Waals surface area contributed by atoms with Gasteiger partial charge in [0.05, 0.1) is 5.56 Å². The van der Waals surface area contributed by atoms with E-state index in [0.29, 0.717) is 0 Å². The second kappa shape index (κ2) is 5.41. The summed E-state index contributed by atoms with van der Waals surface area (Å²) in [5.41, 5.74) is -0.343. The minimum atomic E-state index is -1.31. The fraction of sp³-hybridized carbons (Fsp3) is 0. The molecule has 0 aromatic heterocycles. The van der Waals surface area contributed by atoms with Gasteiger partial charge in [-0.25, -0.2) is 9.59 Å². The lowest BCUT2D eigenvalue weighted by Gasteiger charge is -2.07. The maximum atomic E-state index is 11.8. The van der Waals surface area contributed by atoms with Gasteiger partial charge in [-0.2, -0.15) is 0 Å². The second-order valence-corrected chi connectivity index (χ2v) is 4.08. The number of aromatic hydroxyl groups is 3. The lowest BCUT2D eigenvalue weighted by Crippen LogP contribution is -2.08. The van der Waals surface area contributed by atoms with E-state index >= 15 is 0 Å². The molecule has 0 aliphatic heterocycles. The molecule has 0 atom stereocenters. The minimum Gasteiger partial charge on any atom is -0.507 e. The number of esters is 1. The molecule has 21 heavy (non-hydrogen) atoms. The average molecular weight is 290 g/mol. The number of carboxylic acids is 1. The monoisotopic (exact) mass is 290 g/mol. The highest BCUT2D eigenvalue weighted by Crippen LogP contribution is 2.27. The molecule has 2 aromatic carbocycles. The van der Waals surface area contributed by atoms with E-state index in [1.807, 2.05) is 0 Å². The Morgan fingerprint density at radius 1 is 0.857 bits per heavy atom. The third-order valence-corrected chi connectivity index (χ3v) is 2.62. The van der Waals surface area contributed by atoms with Crippen molar-refractivity contribution in [3.05, 3.63) is 47.5 Å². The van der Waals surface area contributed by atoms with E-state index in [9.17, 15) is 19.8 Å². The van der Waals surface area contributed by atoms with Gasteiger partial charge in [0.1, 0.15) is 17.1 Å². The van der Waals surface area contributed by atoms with Gasteiger partial charge in [-0.3, -0.25) is 0 Å². The molecule has 0 saturated heterocycles. The van der Waals surface area contributed by atoms with Crippen LogP contribution in [0, 0.1) is 0 Å². The van der Waals surface area contributed by atoms with E-state index in [-0.39, 0.29) is 22.6 Å². The number of carbonyl (C=O) groups is 2. The predicted molar refractivity (Wildman–Crippen MR) is 69.8 cm³/mol. The topological polar surface area (TPSA) is 124 Å². The quantitative estimate of drug-likeness (QED) is 0.385. The SMILES string of the molecule is O=C(Oc1ccc(C(=O)O)c(O)c1)c1ccc(O)c(O)c1. The molecule has 0 spiro atoms. The Hall–Kier alpha value is -3.22. The van der Waals surface area contributed by atoms with E-state index in [0.717, 1.165) is 24.3 Å². The molecule has 0 aliphatic rings. The Labute approximate surface area is 118 Å². The van der Waals surface area contributed by atoms with Gasteiger partial charge in [-0.05, 0) is 30.3 Å². The van der Waals surface area contributed by atoms with Crippen molar-refractivity contribution in [1.29, 1.82) is 0 Å². The van der Waals surface area contributed by atoms with Gasteiger partial charge >= 0.3 is 11.9 Å². The number of carbonyl (C=O) groups excluding carboxylic acids is 1. The van der Waals surface area contributed by atoms with Crippen molar-refractivity contribution in [3.63, 3.8) is 0 Å². The lowest BCUT2D eigenvalue weighted by molar-refractivity contribution is 0.0693. The summed E-state index contributed by atoms with van der Waals surface area (Å²) in [7, 11) is 0. The van der Waals surface area contributed by atoms with Crippen molar-refractivity contribution >= 4 is 11.9 Å². The summed E-state index contributed by atoms with van der Waals surface area (Å²) in [6, 6.07) is 6.67. The van der Waals surface area contributed by atoms with Crippen molar-refractivity contribution < 1.29 is 34.8 Å². The van der Waals surface area contributed by atoms with E-state index in [2.05, 4.69) is 0 Å². The number of hydrogen-bond donors (Lipinski definition) is 4. The van der Waals surface area contributed by atoms with Crippen LogP contribution in [-0.2, 0) is 0 Å². The summed E-state index contributed by atoms with van der Waals surface area (Å²) in [4.78, 5) is 22.5. The van der Waals surface area contributed by atoms with Crippen LogP contribution in [-0.4, -0.2) is 32.4 Å². The summed E-state index contributed by atoms with van der Waals surface area (Å²) >= 11 is 0. The molecule has 0 radical (unpaired) electrons. The minimum absolute atomic E-state index is 0.0212. The standard InChI is InChI=1S/C14H10O7/c15-10-4-1-7(5-12(10)17)14(20)21-8-2-3-9(13(18)19)11(16)6-8/h1-6,15-17H,(H,18,19). The molecule has 2 aromatic rings. The summed E-state index contributed by atoms with van der Waals surface area (Å²) in [6.45, 7) is 0. The zero-order valence-corrected chi connectivity index (χ0v) is 10.5. The van der Waals surface area contributed by atoms with E-state index < -0.39 is 23.4 Å². The fourth-order valence-corrected chi connectivity index (χ4v) is 1.57. The Kier molecular flexibility index (Phi) is 3.66. The Morgan fingerprint density at radius 3 is 2.14 bits per heavy atom. The average Bonchev–Trinajstić information content (AvgIpc) is 2.41. The summed E-state index contributed by atoms with van der Waals surface area (Å²) in [6.07, 6.45) is 0. The normalized spacial score (nSPS) is 10.1. The molecule has 0 unspecified atom stereocenters. The number of carboxylic acid groups (broad SMARTS) is 1. The van der Waals surface area contributed by atoms with Crippen LogP contribution in [0.2, 0.25) is 0 Å². The number of benzene rings is 2. The zero-order chi connectivity index (χ0) is 15.6. The molecule has 0 fully saturated rings. The van der Waals surface area contributed by atoms with E-state index in [4.69, 9.17) is 14.9 Å². The summed E-state index contributed by atoms with van der Waals surface area (Å²) in [5, 5.41) is 36.7. The molecule has 108 valence electrons. The van der Waals surface area contributed by atoms with E-state index in [1.54, 1.807) is 0 Å². The first-order valence-electron chi connectivity index (χ1n) is 5.69. The van der Waals surface area contributed by atoms with Crippen LogP contribution < -0.4 is 4.74 Å². The van der Waals surface area contributed by atoms with Crippen LogP contribution in [0.25, 0.3) is 0 Å². The molecular weight excluding hydrogens is 280 g/mol. The first-order chi connectivity index (χ1) is 9.88. The van der Waals surface area contributed by atoms with Gasteiger partial charge in [0.25, 0.3) is 0 Å². The van der Waals surface area contributed by atoms with Crippen LogP contribution in [0.3, 0.4) is 0 Å². The van der Waals surface area contributed by atoms with Crippen molar-refractivity contribution in [1.82, 2.24) is 0 Å². The van der Waals surface area contributed by atoms with E-state index in [1.165, 1.54) is 12.1 Å². The molecule has 2 rings (SSSR count). The first kappa shape index (κ1) is 14.2. The van der Waals surface area contributed by atoms with Gasteiger partial charge in [-0.15, -0.1) is 0 Å². The van der Waals surface area contributed by atoms with Gasteiger partial charge < -0.3 is 25.2 Å². The Morgan fingerprint density at radius 2 is 1.57 bits per heavy atom. The molecule has 7 nitrogen and oxygen atoms in total. The van der Waals surface area contributed by atoms with Crippen molar-refractivity contribution in [3.8, 4) is 23.0 Å². The third kappa shape index (κ3) is 3.03. The van der Waals surface area contributed by atoms with Gasteiger partial charge in [0.15, 0.2) is 11.5 Å². The first-order valence-corrected chi connectivity index (χ1v) is 5.69. The molecule has 0 amide bonds. The molecule has 0 bridgehead atoms. The zero-order valence-electron chi connectivity index (χ0n) is 10.5. The number of rotatable bonds is 3. The Balaban J connectivity index is 2.21. The van der Waals surface area contributed by atoms with Crippen molar-refractivity contribution in [2.45, 2.75) is 0 Å². The predicted octanol–water partition coefficient (Wildman–Crippen LogP) is 1.72. The maximum absolute atomic E-state index is 11.8. The van der Waals surface area contributed by atoms with Crippen LogP contribution in [0.4, 0.5) is 0 Å². The second-order valence-electron chi connectivity index (χ2n) is 4.08. The molecule has 0 heterocycles. The number of ether oxygens (including phenoxy) is 1. The van der Waals surface area contributed by atoms with Crippen LogP contribution in [0.5, 0.6) is 23.0 Å². The number of phenols is 3. The molecule has 4 N–H and O–H groups in total. The van der Waals surface area contributed by atoms with Gasteiger partial charge in [-0.1, -0.05) is 0 Å². The maximum Gasteiger partial charge on any atom is 0.343 e. The highest BCUT2D eigenvalue weighted by molar-refractivity contribution is 5.93. The highest BCUT2D eigenvalue weighted by atomic mass is 16.5. The van der Waals surface area contributed by atoms with Gasteiger partial charge in [0.2, 0.25) is 0 Å². The number of aromatic carboxylic acids is 1. The molecule has 0 saturated carbocycles. The van der Waals surface area contributed by atoms with Crippen molar-refractivity contribution in [2.75, 3.05) is 0 Å². The summed E-state index contributed by atoms with van der Waals surface area (Å²) in [5.74, 6) is -3.61. The molecule has 7 heteroatoms. The number of hydrogen-bond acceptors (Lipinski definition) is 6. The van der Waals surface area contributed by atoms with Crippen LogP contribution in [0.15, 0.2) is 36.4 Å². The Bertz CT molecular complexity index is 721. The largest absolute Gasteiger partial charge is 0.507 e. The van der Waals surface area contributed by atoms with Gasteiger partial charge in [0, 0.05) is 6.07 Å². The summed E-state index contributed by atoms with van der Waals surface area (Å²) < 4.78 is 4.93. The number of phenolic OH excluding ortho intramolecular Hbond substituents is 2. The van der Waals surface area contributed by atoms with Crippen LogP contribution >= 0.6 is 0 Å². The molecule has 0 aliphatic carbocycles. The lowest BCUT2D eigenvalue weighted by atomic mass is 10.2. The van der Waals surface area contributed by atoms with Crippen molar-refractivity contribution in [2.24, 2.45) is 0 Å². The van der Waals surface area contributed by atoms with Crippen LogP contribution in [0.1, 0.15) is 20.7 Å². The smallest absolute Gasteiger partial charge is 0.343 e. The third-order valence-electron chi connectivity index (χ3n) is 2.62. The fourth-order valence-electron chi connectivity index (χ4n) is 1.57. The molecular formula is C14H10O7. The highest BCUT2D eigenvalue weighted by Gasteiger charge is 2.14.